The van der Waals surface area contributed by atoms with E-state index in [1.807, 2.05) is 0 Å². The molecule has 0 bridgehead atoms. The van der Waals surface area contributed by atoms with Gasteiger partial charge in [-0.3, -0.25) is 0 Å². The number of aromatic nitrogens is 2. The summed E-state index contributed by atoms with van der Waals surface area (Å²) in [6, 6.07) is 57.4. The molecule has 0 amide bonds. The molecule has 0 aliphatic heterocycles. The quantitative estimate of drug-likeness (QED) is 0.186. The fourth-order valence-corrected chi connectivity index (χ4v) is 8.43. The van der Waals surface area contributed by atoms with E-state index in [1.54, 1.807) is 0 Å². The molecule has 1 aliphatic carbocycles. The van der Waals surface area contributed by atoms with Crippen LogP contribution in [0.25, 0.3) is 100 Å². The van der Waals surface area contributed by atoms with E-state index >= 15 is 0 Å². The fraction of sp³-hybridized carbons (Fsp3) is 0.0417. The molecular formula is C48H32N2O. The summed E-state index contributed by atoms with van der Waals surface area (Å²) in [5, 5.41) is 7.36. The molecule has 0 N–H and O–H groups in total. The van der Waals surface area contributed by atoms with Gasteiger partial charge in [0, 0.05) is 32.5 Å². The van der Waals surface area contributed by atoms with Crippen LogP contribution in [0.1, 0.15) is 12.8 Å². The summed E-state index contributed by atoms with van der Waals surface area (Å²) in [4.78, 5) is 0. The largest absolute Gasteiger partial charge is 0.456 e. The van der Waals surface area contributed by atoms with E-state index in [9.17, 15) is 0 Å². The minimum absolute atomic E-state index is 0.923. The van der Waals surface area contributed by atoms with E-state index in [-0.39, 0.29) is 0 Å². The van der Waals surface area contributed by atoms with Gasteiger partial charge in [-0.05, 0) is 89.7 Å². The summed E-state index contributed by atoms with van der Waals surface area (Å²) in [5.41, 5.74) is 13.7. The molecule has 3 heteroatoms. The third-order valence-corrected chi connectivity index (χ3v) is 10.7. The molecule has 3 heterocycles. The first-order chi connectivity index (χ1) is 25.3. The number of rotatable bonds is 4. The summed E-state index contributed by atoms with van der Waals surface area (Å²) in [6.07, 6.45) is 6.62. The molecule has 0 saturated carbocycles. The molecule has 0 fully saturated rings. The summed E-state index contributed by atoms with van der Waals surface area (Å²) in [5.74, 6) is 0. The molecule has 1 aliphatic rings. The SMILES string of the molecule is C1=c2oc3cc(-c4ccccc4)cc(-n4c5ccccc5c5ccc(-c6ccc7c8ccccc8n(-c8ccccc8)c7c6)cc54)c3c2=CCC1. The van der Waals surface area contributed by atoms with Crippen LogP contribution in [-0.4, -0.2) is 9.13 Å². The summed E-state index contributed by atoms with van der Waals surface area (Å²) in [7, 11) is 0. The molecule has 3 aromatic heterocycles. The van der Waals surface area contributed by atoms with Crippen molar-refractivity contribution in [2.75, 3.05) is 0 Å². The van der Waals surface area contributed by atoms with E-state index in [0.29, 0.717) is 0 Å². The van der Waals surface area contributed by atoms with Crippen LogP contribution in [-0.2, 0) is 0 Å². The van der Waals surface area contributed by atoms with Crippen molar-refractivity contribution in [3.8, 4) is 33.6 Å². The normalized spacial score (nSPS) is 12.9. The molecule has 0 atom stereocenters. The maximum atomic E-state index is 6.62. The van der Waals surface area contributed by atoms with Crippen LogP contribution in [0.5, 0.6) is 0 Å². The highest BCUT2D eigenvalue weighted by Crippen LogP contribution is 2.40. The number of hydrogen-bond acceptors (Lipinski definition) is 1. The lowest BCUT2D eigenvalue weighted by molar-refractivity contribution is 0.572. The van der Waals surface area contributed by atoms with Gasteiger partial charge in [0.25, 0.3) is 0 Å². The zero-order chi connectivity index (χ0) is 33.5. The minimum Gasteiger partial charge on any atom is -0.456 e. The third-order valence-electron chi connectivity index (χ3n) is 10.7. The van der Waals surface area contributed by atoms with E-state index in [2.05, 4.69) is 179 Å². The van der Waals surface area contributed by atoms with E-state index in [4.69, 9.17) is 4.42 Å². The van der Waals surface area contributed by atoms with Crippen LogP contribution in [0.2, 0.25) is 0 Å². The Kier molecular flexibility index (Phi) is 6.08. The number of furan rings is 1. The maximum absolute atomic E-state index is 6.62. The standard InChI is InChI=1S/C48H32N2O/c1-3-13-31(14-4-1)34-29-45(48-40-19-9-12-22-46(40)51-47(48)30-34)50-42-21-11-8-18-37(42)39-26-24-33(28-44(39)50)32-23-25-38-36-17-7-10-20-41(36)49(43(38)27-32)35-15-5-2-6-16-35/h1-8,10-11,13-30H,9,12H2. The highest BCUT2D eigenvalue weighted by molar-refractivity contribution is 6.13. The number of benzene rings is 7. The summed E-state index contributed by atoms with van der Waals surface area (Å²) < 4.78 is 11.5. The van der Waals surface area contributed by atoms with E-state index in [1.165, 1.54) is 70.9 Å². The third kappa shape index (κ3) is 4.25. The summed E-state index contributed by atoms with van der Waals surface area (Å²) >= 11 is 0. The van der Waals surface area contributed by atoms with Gasteiger partial charge < -0.3 is 13.6 Å². The van der Waals surface area contributed by atoms with Gasteiger partial charge in [0.1, 0.15) is 11.0 Å². The second-order valence-corrected chi connectivity index (χ2v) is 13.6. The van der Waals surface area contributed by atoms with Gasteiger partial charge in [0.05, 0.1) is 33.1 Å². The van der Waals surface area contributed by atoms with Crippen molar-refractivity contribution < 1.29 is 4.42 Å². The Morgan fingerprint density at radius 1 is 0.412 bits per heavy atom. The Morgan fingerprint density at radius 3 is 1.69 bits per heavy atom. The predicted octanol–water partition coefficient (Wildman–Crippen LogP) is 11.3. The molecule has 240 valence electrons. The minimum atomic E-state index is 0.923. The maximum Gasteiger partial charge on any atom is 0.138 e. The molecule has 7 aromatic carbocycles. The lowest BCUT2D eigenvalue weighted by Gasteiger charge is -2.13. The highest BCUT2D eigenvalue weighted by Gasteiger charge is 2.20. The first-order valence-corrected chi connectivity index (χ1v) is 17.8. The Labute approximate surface area is 294 Å². The van der Waals surface area contributed by atoms with Crippen LogP contribution in [0.15, 0.2) is 162 Å². The zero-order valence-electron chi connectivity index (χ0n) is 27.9. The van der Waals surface area contributed by atoms with Crippen molar-refractivity contribution in [3.05, 3.63) is 168 Å². The molecule has 0 saturated heterocycles. The Balaban J connectivity index is 1.21. The molecule has 0 radical (unpaired) electrons. The van der Waals surface area contributed by atoms with Gasteiger partial charge in [-0.15, -0.1) is 0 Å². The first kappa shape index (κ1) is 28.3. The second kappa shape index (κ2) is 11.0. The molecule has 0 spiro atoms. The van der Waals surface area contributed by atoms with Crippen LogP contribution >= 0.6 is 0 Å². The van der Waals surface area contributed by atoms with Crippen molar-refractivity contribution in [1.82, 2.24) is 9.13 Å². The number of nitrogens with zero attached hydrogens (tertiary/aromatic N) is 2. The summed E-state index contributed by atoms with van der Waals surface area (Å²) in [6.45, 7) is 0. The monoisotopic (exact) mass is 652 g/mol. The highest BCUT2D eigenvalue weighted by atomic mass is 16.3. The zero-order valence-corrected chi connectivity index (χ0v) is 27.9. The van der Waals surface area contributed by atoms with Gasteiger partial charge in [0.2, 0.25) is 0 Å². The predicted molar refractivity (Wildman–Crippen MR) is 213 cm³/mol. The molecule has 51 heavy (non-hydrogen) atoms. The molecule has 3 nitrogen and oxygen atoms in total. The van der Waals surface area contributed by atoms with Gasteiger partial charge in [-0.25, -0.2) is 0 Å². The number of hydrogen-bond donors (Lipinski definition) is 0. The molecule has 11 rings (SSSR count). The van der Waals surface area contributed by atoms with Crippen molar-refractivity contribution >= 4 is 66.7 Å². The number of para-hydroxylation sites is 3. The van der Waals surface area contributed by atoms with Crippen LogP contribution < -0.4 is 10.6 Å². The lowest BCUT2D eigenvalue weighted by Crippen LogP contribution is -2.22. The second-order valence-electron chi connectivity index (χ2n) is 13.6. The average Bonchev–Trinajstić information content (AvgIpc) is 3.85. The Hall–Kier alpha value is -6.58. The van der Waals surface area contributed by atoms with E-state index in [0.717, 1.165) is 40.8 Å². The van der Waals surface area contributed by atoms with Gasteiger partial charge >= 0.3 is 0 Å². The Bertz CT molecular complexity index is 3120. The lowest BCUT2D eigenvalue weighted by atomic mass is 10.0. The molecular weight excluding hydrogens is 621 g/mol. The average molecular weight is 653 g/mol. The van der Waals surface area contributed by atoms with Crippen LogP contribution in [0, 0.1) is 0 Å². The van der Waals surface area contributed by atoms with Gasteiger partial charge in [-0.2, -0.15) is 0 Å². The fourth-order valence-electron chi connectivity index (χ4n) is 8.43. The van der Waals surface area contributed by atoms with E-state index < -0.39 is 0 Å². The van der Waals surface area contributed by atoms with Crippen molar-refractivity contribution in [2.45, 2.75) is 12.8 Å². The van der Waals surface area contributed by atoms with Gasteiger partial charge in [0.15, 0.2) is 0 Å². The van der Waals surface area contributed by atoms with Crippen molar-refractivity contribution in [3.63, 3.8) is 0 Å². The van der Waals surface area contributed by atoms with Crippen molar-refractivity contribution in [1.29, 1.82) is 0 Å². The molecule has 0 unspecified atom stereocenters. The first-order valence-electron chi connectivity index (χ1n) is 17.8. The smallest absolute Gasteiger partial charge is 0.138 e. The Morgan fingerprint density at radius 2 is 0.980 bits per heavy atom. The topological polar surface area (TPSA) is 23.0 Å². The van der Waals surface area contributed by atoms with Crippen LogP contribution in [0.4, 0.5) is 0 Å². The van der Waals surface area contributed by atoms with Crippen molar-refractivity contribution in [2.24, 2.45) is 0 Å². The number of fused-ring (bicyclic) bond motifs is 9. The molecule has 10 aromatic rings. The van der Waals surface area contributed by atoms with Crippen LogP contribution in [0.3, 0.4) is 0 Å². The van der Waals surface area contributed by atoms with Gasteiger partial charge in [-0.1, -0.05) is 115 Å².